The standard InChI is InChI=1S/C30H42F6O/c1-2-3-19-4-8-21(9-5-19)22-12-14-25(15-13-22)30(35,36)18-20-6-10-23(11-7-20)24-16-26(31)28(27(32)17-24)37-29(33)34/h16-17,19-23,25,29H,2-15,18H2,1H3. The Labute approximate surface area is 217 Å². The largest absolute Gasteiger partial charge is 0.429 e. The molecule has 4 rings (SSSR count). The van der Waals surface area contributed by atoms with E-state index in [0.29, 0.717) is 50.0 Å². The third-order valence-electron chi connectivity index (χ3n) is 9.73. The smallest absolute Gasteiger partial charge is 0.387 e. The topological polar surface area (TPSA) is 9.23 Å². The molecule has 37 heavy (non-hydrogen) atoms. The van der Waals surface area contributed by atoms with Gasteiger partial charge in [-0.25, -0.2) is 17.6 Å². The Hall–Kier alpha value is -1.40. The van der Waals surface area contributed by atoms with Crippen LogP contribution in [0.25, 0.3) is 0 Å². The van der Waals surface area contributed by atoms with Crippen LogP contribution >= 0.6 is 0 Å². The van der Waals surface area contributed by atoms with Crippen LogP contribution < -0.4 is 4.74 Å². The van der Waals surface area contributed by atoms with Crippen molar-refractivity contribution in [1.29, 1.82) is 0 Å². The zero-order valence-corrected chi connectivity index (χ0v) is 22.0. The van der Waals surface area contributed by atoms with E-state index in [4.69, 9.17) is 0 Å². The quantitative estimate of drug-likeness (QED) is 0.288. The van der Waals surface area contributed by atoms with Crippen LogP contribution in [0.15, 0.2) is 12.1 Å². The molecule has 3 aliphatic rings. The molecule has 0 radical (unpaired) electrons. The Morgan fingerprint density at radius 1 is 0.784 bits per heavy atom. The summed E-state index contributed by atoms with van der Waals surface area (Å²) < 4.78 is 87.5. The lowest BCUT2D eigenvalue weighted by Crippen LogP contribution is -2.36. The zero-order valence-electron chi connectivity index (χ0n) is 22.0. The van der Waals surface area contributed by atoms with Crippen molar-refractivity contribution in [1.82, 2.24) is 0 Å². The first-order chi connectivity index (χ1) is 17.7. The summed E-state index contributed by atoms with van der Waals surface area (Å²) in [5.41, 5.74) is 0.379. The molecule has 3 fully saturated rings. The highest BCUT2D eigenvalue weighted by molar-refractivity contribution is 5.33. The Bertz CT molecular complexity index is 827. The molecule has 0 heterocycles. The normalized spacial score (nSPS) is 31.5. The first-order valence-corrected chi connectivity index (χ1v) is 14.5. The number of benzene rings is 1. The second-order valence-electron chi connectivity index (χ2n) is 12.1. The molecule has 0 saturated heterocycles. The molecule has 0 N–H and O–H groups in total. The maximum atomic E-state index is 15.3. The first kappa shape index (κ1) is 28.6. The SMILES string of the molecule is CCCC1CCC(C2CCC(C(F)(F)CC3CCC(c4cc(F)c(OC(F)F)c(F)c4)CC3)CC2)CC1. The Morgan fingerprint density at radius 2 is 1.30 bits per heavy atom. The summed E-state index contributed by atoms with van der Waals surface area (Å²) in [6, 6.07) is 2.07. The van der Waals surface area contributed by atoms with Gasteiger partial charge >= 0.3 is 6.61 Å². The molecule has 3 saturated carbocycles. The lowest BCUT2D eigenvalue weighted by molar-refractivity contribution is -0.0979. The van der Waals surface area contributed by atoms with Crippen molar-refractivity contribution in [3.05, 3.63) is 29.3 Å². The molecular formula is C30H42F6O. The number of halogens is 6. The van der Waals surface area contributed by atoms with Crippen molar-refractivity contribution >= 4 is 0 Å². The van der Waals surface area contributed by atoms with E-state index in [2.05, 4.69) is 11.7 Å². The fourth-order valence-electron chi connectivity index (χ4n) is 7.64. The van der Waals surface area contributed by atoms with Gasteiger partial charge in [-0.3, -0.25) is 0 Å². The van der Waals surface area contributed by atoms with Crippen LogP contribution in [0.1, 0.15) is 115 Å². The summed E-state index contributed by atoms with van der Waals surface area (Å²) >= 11 is 0. The van der Waals surface area contributed by atoms with E-state index < -0.39 is 35.8 Å². The maximum absolute atomic E-state index is 15.3. The summed E-state index contributed by atoms with van der Waals surface area (Å²) in [5.74, 6) is -4.67. The van der Waals surface area contributed by atoms with Crippen LogP contribution in [-0.4, -0.2) is 12.5 Å². The van der Waals surface area contributed by atoms with E-state index in [1.165, 1.54) is 38.5 Å². The molecule has 0 amide bonds. The van der Waals surface area contributed by atoms with Gasteiger partial charge < -0.3 is 4.74 Å². The average molecular weight is 533 g/mol. The van der Waals surface area contributed by atoms with Gasteiger partial charge in [0, 0.05) is 12.3 Å². The monoisotopic (exact) mass is 532 g/mol. The molecule has 1 nitrogen and oxygen atoms in total. The van der Waals surface area contributed by atoms with Crippen LogP contribution in [0.4, 0.5) is 26.3 Å². The van der Waals surface area contributed by atoms with Crippen LogP contribution in [0.2, 0.25) is 0 Å². The fourth-order valence-corrected chi connectivity index (χ4v) is 7.64. The molecule has 0 spiro atoms. The highest BCUT2D eigenvalue weighted by Crippen LogP contribution is 2.49. The van der Waals surface area contributed by atoms with Crippen LogP contribution in [0.3, 0.4) is 0 Å². The van der Waals surface area contributed by atoms with Gasteiger partial charge in [0.05, 0.1) is 0 Å². The Kier molecular flexibility index (Phi) is 9.77. The summed E-state index contributed by atoms with van der Waals surface area (Å²) in [6.45, 7) is -1.07. The van der Waals surface area contributed by atoms with E-state index >= 15 is 8.78 Å². The van der Waals surface area contributed by atoms with Crippen LogP contribution in [0, 0.1) is 41.2 Å². The molecule has 1 aromatic carbocycles. The van der Waals surface area contributed by atoms with Crippen molar-refractivity contribution in [3.8, 4) is 5.75 Å². The predicted octanol–water partition coefficient (Wildman–Crippen LogP) is 10.3. The summed E-state index contributed by atoms with van der Waals surface area (Å²) in [4.78, 5) is 0. The summed E-state index contributed by atoms with van der Waals surface area (Å²) in [5, 5.41) is 0. The second kappa shape index (κ2) is 12.6. The highest BCUT2D eigenvalue weighted by atomic mass is 19.3. The average Bonchev–Trinajstić information content (AvgIpc) is 2.87. The van der Waals surface area contributed by atoms with Crippen LogP contribution in [0.5, 0.6) is 5.75 Å². The van der Waals surface area contributed by atoms with Gasteiger partial charge in [0.2, 0.25) is 0 Å². The zero-order chi connectivity index (χ0) is 26.6. The molecule has 0 unspecified atom stereocenters. The van der Waals surface area contributed by atoms with Gasteiger partial charge in [0.1, 0.15) is 0 Å². The van der Waals surface area contributed by atoms with Crippen LogP contribution in [-0.2, 0) is 0 Å². The molecule has 0 aliphatic heterocycles. The molecular weight excluding hydrogens is 490 g/mol. The fraction of sp³-hybridized carbons (Fsp3) is 0.800. The van der Waals surface area contributed by atoms with E-state index in [-0.39, 0.29) is 18.3 Å². The lowest BCUT2D eigenvalue weighted by Gasteiger charge is -2.40. The Balaban J connectivity index is 1.23. The van der Waals surface area contributed by atoms with Gasteiger partial charge in [-0.2, -0.15) is 8.78 Å². The third-order valence-corrected chi connectivity index (χ3v) is 9.73. The van der Waals surface area contributed by atoms with Crippen molar-refractivity contribution in [3.63, 3.8) is 0 Å². The van der Waals surface area contributed by atoms with E-state index in [1.807, 2.05) is 0 Å². The highest BCUT2D eigenvalue weighted by Gasteiger charge is 2.44. The van der Waals surface area contributed by atoms with Crippen molar-refractivity contribution in [2.45, 2.75) is 122 Å². The molecule has 0 aromatic heterocycles. The second-order valence-corrected chi connectivity index (χ2v) is 12.1. The molecule has 3 aliphatic carbocycles. The number of ether oxygens (including phenoxy) is 1. The van der Waals surface area contributed by atoms with Crippen molar-refractivity contribution in [2.75, 3.05) is 0 Å². The summed E-state index contributed by atoms with van der Waals surface area (Å²) in [6.07, 6.45) is 13.0. The van der Waals surface area contributed by atoms with Gasteiger partial charge in [-0.1, -0.05) is 32.6 Å². The minimum atomic E-state index is -3.31. The predicted molar refractivity (Wildman–Crippen MR) is 133 cm³/mol. The van der Waals surface area contributed by atoms with Gasteiger partial charge in [-0.05, 0) is 111 Å². The Morgan fingerprint density at radius 3 is 1.81 bits per heavy atom. The number of rotatable bonds is 9. The number of hydrogen-bond acceptors (Lipinski definition) is 1. The van der Waals surface area contributed by atoms with Crippen molar-refractivity contribution in [2.24, 2.45) is 29.6 Å². The molecule has 7 heteroatoms. The molecule has 0 atom stereocenters. The minimum Gasteiger partial charge on any atom is -0.429 e. The number of alkyl halides is 4. The van der Waals surface area contributed by atoms with Gasteiger partial charge in [0.25, 0.3) is 5.92 Å². The number of hydrogen-bond donors (Lipinski definition) is 0. The van der Waals surface area contributed by atoms with Gasteiger partial charge in [0.15, 0.2) is 17.4 Å². The summed E-state index contributed by atoms with van der Waals surface area (Å²) in [7, 11) is 0. The van der Waals surface area contributed by atoms with E-state index in [0.717, 1.165) is 36.8 Å². The molecule has 210 valence electrons. The first-order valence-electron chi connectivity index (χ1n) is 14.5. The molecule has 0 bridgehead atoms. The van der Waals surface area contributed by atoms with E-state index in [9.17, 15) is 17.6 Å². The minimum absolute atomic E-state index is 0.103. The van der Waals surface area contributed by atoms with Crippen molar-refractivity contribution < 1.29 is 31.1 Å². The lowest BCUT2D eigenvalue weighted by atomic mass is 9.67. The van der Waals surface area contributed by atoms with Gasteiger partial charge in [-0.15, -0.1) is 0 Å². The van der Waals surface area contributed by atoms with E-state index in [1.54, 1.807) is 0 Å². The maximum Gasteiger partial charge on any atom is 0.387 e. The third kappa shape index (κ3) is 7.38. The molecule has 1 aromatic rings.